The van der Waals surface area contributed by atoms with Crippen molar-refractivity contribution in [1.29, 1.82) is 0 Å². The van der Waals surface area contributed by atoms with Crippen LogP contribution in [-0.2, 0) is 6.54 Å². The number of aromatic nitrogens is 3. The largest absolute Gasteiger partial charge is 0.306 e. The fraction of sp³-hybridized carbons (Fsp3) is 0.714. The third kappa shape index (κ3) is 1.35. The van der Waals surface area contributed by atoms with Crippen LogP contribution in [0.15, 0.2) is 6.33 Å². The van der Waals surface area contributed by atoms with E-state index >= 15 is 0 Å². The van der Waals surface area contributed by atoms with E-state index in [1.54, 1.807) is 6.33 Å². The van der Waals surface area contributed by atoms with Crippen molar-refractivity contribution in [2.45, 2.75) is 19.9 Å². The molecule has 0 saturated heterocycles. The number of hydrogen-bond acceptors (Lipinski definition) is 2. The summed E-state index contributed by atoms with van der Waals surface area (Å²) in [5.41, 5.74) is 0. The molecule has 1 saturated carbocycles. The number of nitrogens with one attached hydrogen (secondary N) is 1. The SMILES string of the molecule is CC1CC1Cn1cn[nH]c1=S. The lowest BCUT2D eigenvalue weighted by molar-refractivity contribution is 0.586. The molecule has 2 unspecified atom stereocenters. The molecule has 1 aromatic rings. The first-order valence-electron chi connectivity index (χ1n) is 3.87. The second-order valence-corrected chi connectivity index (χ2v) is 3.67. The molecule has 1 aromatic heterocycles. The Bertz CT molecular complexity index is 301. The van der Waals surface area contributed by atoms with Crippen LogP contribution in [0.25, 0.3) is 0 Å². The van der Waals surface area contributed by atoms with Crippen LogP contribution >= 0.6 is 12.2 Å². The molecule has 1 aliphatic rings. The Morgan fingerprint density at radius 2 is 2.64 bits per heavy atom. The molecule has 1 heterocycles. The summed E-state index contributed by atoms with van der Waals surface area (Å²) < 4.78 is 2.74. The second kappa shape index (κ2) is 2.44. The summed E-state index contributed by atoms with van der Waals surface area (Å²) in [6, 6.07) is 0. The maximum atomic E-state index is 5.02. The lowest BCUT2D eigenvalue weighted by atomic mass is 10.3. The van der Waals surface area contributed by atoms with Gasteiger partial charge in [0.25, 0.3) is 0 Å². The molecule has 4 heteroatoms. The third-order valence-electron chi connectivity index (χ3n) is 2.33. The number of aromatic amines is 1. The van der Waals surface area contributed by atoms with E-state index in [2.05, 4.69) is 17.1 Å². The Labute approximate surface area is 70.4 Å². The molecule has 1 aliphatic carbocycles. The van der Waals surface area contributed by atoms with Gasteiger partial charge in [0.2, 0.25) is 0 Å². The highest BCUT2D eigenvalue weighted by Crippen LogP contribution is 2.38. The first kappa shape index (κ1) is 7.03. The fourth-order valence-corrected chi connectivity index (χ4v) is 1.48. The molecule has 0 spiro atoms. The van der Waals surface area contributed by atoms with Crippen molar-refractivity contribution >= 4 is 12.2 Å². The molecule has 2 atom stereocenters. The number of nitrogens with zero attached hydrogens (tertiary/aromatic N) is 2. The van der Waals surface area contributed by atoms with Gasteiger partial charge in [0.05, 0.1) is 0 Å². The van der Waals surface area contributed by atoms with Crippen molar-refractivity contribution in [3.05, 3.63) is 11.1 Å². The number of rotatable bonds is 2. The van der Waals surface area contributed by atoms with E-state index in [4.69, 9.17) is 12.2 Å². The smallest absolute Gasteiger partial charge is 0.194 e. The highest BCUT2D eigenvalue weighted by molar-refractivity contribution is 7.71. The van der Waals surface area contributed by atoms with Crippen molar-refractivity contribution in [3.8, 4) is 0 Å². The second-order valence-electron chi connectivity index (χ2n) is 3.29. The molecule has 0 bridgehead atoms. The van der Waals surface area contributed by atoms with Crippen LogP contribution in [-0.4, -0.2) is 14.8 Å². The lowest BCUT2D eigenvalue weighted by Crippen LogP contribution is -1.98. The highest BCUT2D eigenvalue weighted by atomic mass is 32.1. The maximum absolute atomic E-state index is 5.02. The molecular weight excluding hydrogens is 158 g/mol. The summed E-state index contributed by atoms with van der Waals surface area (Å²) >= 11 is 5.02. The van der Waals surface area contributed by atoms with Crippen LogP contribution in [0.1, 0.15) is 13.3 Å². The third-order valence-corrected chi connectivity index (χ3v) is 2.65. The van der Waals surface area contributed by atoms with Gasteiger partial charge in [-0.2, -0.15) is 5.10 Å². The van der Waals surface area contributed by atoms with Crippen LogP contribution < -0.4 is 0 Å². The predicted octanol–water partition coefficient (Wildman–Crippen LogP) is 1.60. The Morgan fingerprint density at radius 1 is 1.91 bits per heavy atom. The topological polar surface area (TPSA) is 33.6 Å². The van der Waals surface area contributed by atoms with Gasteiger partial charge in [-0.25, -0.2) is 0 Å². The van der Waals surface area contributed by atoms with Crippen molar-refractivity contribution in [1.82, 2.24) is 14.8 Å². The van der Waals surface area contributed by atoms with Gasteiger partial charge < -0.3 is 4.57 Å². The van der Waals surface area contributed by atoms with Crippen LogP contribution in [0.5, 0.6) is 0 Å². The van der Waals surface area contributed by atoms with Crippen molar-refractivity contribution < 1.29 is 0 Å². The quantitative estimate of drug-likeness (QED) is 0.682. The molecule has 0 aromatic carbocycles. The molecule has 3 nitrogen and oxygen atoms in total. The van der Waals surface area contributed by atoms with Crippen molar-refractivity contribution in [2.24, 2.45) is 11.8 Å². The molecule has 60 valence electrons. The Kier molecular flexibility index (Phi) is 1.56. The van der Waals surface area contributed by atoms with Gasteiger partial charge in [0, 0.05) is 6.54 Å². The molecule has 11 heavy (non-hydrogen) atoms. The number of hydrogen-bond donors (Lipinski definition) is 1. The normalized spacial score (nSPS) is 28.8. The standard InChI is InChI=1S/C7H11N3S/c1-5-2-6(5)3-10-4-8-9-7(10)11/h4-6H,2-3H2,1H3,(H,9,11). The molecule has 2 rings (SSSR count). The number of H-pyrrole nitrogens is 1. The summed E-state index contributed by atoms with van der Waals surface area (Å²) in [6.07, 6.45) is 3.11. The first-order valence-corrected chi connectivity index (χ1v) is 4.28. The van der Waals surface area contributed by atoms with Gasteiger partial charge in [-0.3, -0.25) is 5.10 Å². The van der Waals surface area contributed by atoms with E-state index in [9.17, 15) is 0 Å². The first-order chi connectivity index (χ1) is 5.27. The molecule has 0 radical (unpaired) electrons. The molecular formula is C7H11N3S. The minimum Gasteiger partial charge on any atom is -0.306 e. The Balaban J connectivity index is 2.07. The van der Waals surface area contributed by atoms with Crippen molar-refractivity contribution in [2.75, 3.05) is 0 Å². The highest BCUT2D eigenvalue weighted by Gasteiger charge is 2.32. The van der Waals surface area contributed by atoms with E-state index in [1.807, 2.05) is 4.57 Å². The zero-order valence-corrected chi connectivity index (χ0v) is 7.27. The van der Waals surface area contributed by atoms with Crippen molar-refractivity contribution in [3.63, 3.8) is 0 Å². The molecule has 1 fully saturated rings. The van der Waals surface area contributed by atoms with E-state index in [0.717, 1.165) is 23.2 Å². The Morgan fingerprint density at radius 3 is 3.09 bits per heavy atom. The summed E-state index contributed by atoms with van der Waals surface area (Å²) in [7, 11) is 0. The zero-order chi connectivity index (χ0) is 7.84. The van der Waals surface area contributed by atoms with Gasteiger partial charge in [-0.1, -0.05) is 6.92 Å². The average Bonchev–Trinajstić information content (AvgIpc) is 2.48. The fourth-order valence-electron chi connectivity index (χ4n) is 1.31. The van der Waals surface area contributed by atoms with Crippen LogP contribution in [0.3, 0.4) is 0 Å². The monoisotopic (exact) mass is 169 g/mol. The zero-order valence-electron chi connectivity index (χ0n) is 6.45. The van der Waals surface area contributed by atoms with Crippen LogP contribution in [0.4, 0.5) is 0 Å². The summed E-state index contributed by atoms with van der Waals surface area (Å²) in [5.74, 6) is 1.71. The van der Waals surface area contributed by atoms with Gasteiger partial charge in [-0.15, -0.1) is 0 Å². The van der Waals surface area contributed by atoms with Gasteiger partial charge >= 0.3 is 0 Å². The molecule has 0 aliphatic heterocycles. The van der Waals surface area contributed by atoms with Crippen LogP contribution in [0.2, 0.25) is 0 Å². The lowest BCUT2D eigenvalue weighted by Gasteiger charge is -1.96. The van der Waals surface area contributed by atoms with E-state index in [-0.39, 0.29) is 0 Å². The molecule has 0 amide bonds. The summed E-state index contributed by atoms with van der Waals surface area (Å²) in [5, 5.41) is 6.61. The average molecular weight is 169 g/mol. The van der Waals surface area contributed by atoms with Gasteiger partial charge in [0.1, 0.15) is 6.33 Å². The maximum Gasteiger partial charge on any atom is 0.194 e. The van der Waals surface area contributed by atoms with E-state index < -0.39 is 0 Å². The summed E-state index contributed by atoms with van der Waals surface area (Å²) in [4.78, 5) is 0. The van der Waals surface area contributed by atoms with Crippen LogP contribution in [0, 0.1) is 16.6 Å². The summed E-state index contributed by atoms with van der Waals surface area (Å²) in [6.45, 7) is 3.31. The van der Waals surface area contributed by atoms with E-state index in [1.165, 1.54) is 6.42 Å². The minimum absolute atomic E-state index is 0.740. The predicted molar refractivity (Wildman–Crippen MR) is 44.7 cm³/mol. The minimum atomic E-state index is 0.740. The molecule has 1 N–H and O–H groups in total. The van der Waals surface area contributed by atoms with Gasteiger partial charge in [0.15, 0.2) is 4.77 Å². The Hall–Kier alpha value is -0.640. The van der Waals surface area contributed by atoms with E-state index in [0.29, 0.717) is 0 Å². The van der Waals surface area contributed by atoms with Gasteiger partial charge in [-0.05, 0) is 30.5 Å².